The number of carbonyl (C=O) groups excluding carboxylic acids is 1. The lowest BCUT2D eigenvalue weighted by Crippen LogP contribution is -2.14. The number of aromatic carboxylic acids is 1. The molecule has 2 N–H and O–H groups in total. The highest BCUT2D eigenvalue weighted by molar-refractivity contribution is 6.33. The summed E-state index contributed by atoms with van der Waals surface area (Å²) in [4.78, 5) is 23.6. The lowest BCUT2D eigenvalue weighted by Gasteiger charge is -2.09. The zero-order chi connectivity index (χ0) is 23.5. The molecular weight excluding hydrogens is 449 g/mol. The molecule has 0 saturated carbocycles. The molecule has 1 amide bonds. The van der Waals surface area contributed by atoms with E-state index in [0.29, 0.717) is 5.56 Å². The van der Waals surface area contributed by atoms with Gasteiger partial charge in [-0.05, 0) is 48.5 Å². The number of alkyl halides is 3. The van der Waals surface area contributed by atoms with Crippen LogP contribution in [0.15, 0.2) is 64.6 Å². The van der Waals surface area contributed by atoms with Crippen LogP contribution in [0.25, 0.3) is 17.4 Å². The fourth-order valence-electron chi connectivity index (χ4n) is 2.69. The molecule has 3 rings (SSSR count). The average molecular weight is 461 g/mol. The van der Waals surface area contributed by atoms with E-state index in [1.54, 1.807) is 6.07 Å². The molecule has 0 aliphatic carbocycles. The molecule has 0 atom stereocenters. The van der Waals surface area contributed by atoms with E-state index < -0.39 is 29.2 Å². The van der Waals surface area contributed by atoms with E-state index in [0.717, 1.165) is 24.3 Å². The Hall–Kier alpha value is -4.03. The second-order valence-electron chi connectivity index (χ2n) is 6.40. The second kappa shape index (κ2) is 8.99. The van der Waals surface area contributed by atoms with Gasteiger partial charge < -0.3 is 14.8 Å². The standard InChI is InChI=1S/C22H12ClF3N2O4/c23-18-6-4-12(9-17(18)21(30)31)19-7-5-16(32-19)8-13(11-27)20(29)28-15-3-1-2-14(10-15)22(24,25)26/h1-10H,(H,28,29)(H,30,31)/b13-8+. The van der Waals surface area contributed by atoms with Gasteiger partial charge in [-0.15, -0.1) is 0 Å². The van der Waals surface area contributed by atoms with Gasteiger partial charge >= 0.3 is 12.1 Å². The zero-order valence-electron chi connectivity index (χ0n) is 15.9. The Morgan fingerprint density at radius 2 is 1.88 bits per heavy atom. The van der Waals surface area contributed by atoms with E-state index >= 15 is 0 Å². The van der Waals surface area contributed by atoms with Crippen molar-refractivity contribution in [2.75, 3.05) is 5.32 Å². The number of nitrogens with one attached hydrogen (secondary N) is 1. The molecule has 0 fully saturated rings. The molecule has 0 radical (unpaired) electrons. The molecule has 6 nitrogen and oxygen atoms in total. The molecule has 1 heterocycles. The molecule has 32 heavy (non-hydrogen) atoms. The van der Waals surface area contributed by atoms with Crippen LogP contribution in [0.4, 0.5) is 18.9 Å². The molecule has 0 bridgehead atoms. The van der Waals surface area contributed by atoms with E-state index in [1.165, 1.54) is 36.4 Å². The van der Waals surface area contributed by atoms with E-state index in [1.807, 2.05) is 0 Å². The van der Waals surface area contributed by atoms with Crippen LogP contribution in [0.1, 0.15) is 21.7 Å². The van der Waals surface area contributed by atoms with Crippen LogP contribution in [0.2, 0.25) is 5.02 Å². The molecular formula is C22H12ClF3N2O4. The molecule has 0 unspecified atom stereocenters. The molecule has 3 aromatic rings. The number of hydrogen-bond donors (Lipinski definition) is 2. The largest absolute Gasteiger partial charge is 0.478 e. The third-order valence-corrected chi connectivity index (χ3v) is 4.54. The molecule has 2 aromatic carbocycles. The van der Waals surface area contributed by atoms with Crippen molar-refractivity contribution >= 4 is 35.2 Å². The van der Waals surface area contributed by atoms with E-state index in [2.05, 4.69) is 5.32 Å². The minimum Gasteiger partial charge on any atom is -0.478 e. The van der Waals surface area contributed by atoms with Crippen molar-refractivity contribution in [1.82, 2.24) is 0 Å². The van der Waals surface area contributed by atoms with E-state index in [4.69, 9.17) is 21.1 Å². The number of rotatable bonds is 5. The predicted molar refractivity (Wildman–Crippen MR) is 110 cm³/mol. The first-order valence-corrected chi connectivity index (χ1v) is 9.20. The van der Waals surface area contributed by atoms with E-state index in [9.17, 15) is 28.0 Å². The Kier molecular flexibility index (Phi) is 6.37. The van der Waals surface area contributed by atoms with Crippen LogP contribution < -0.4 is 5.32 Å². The average Bonchev–Trinajstić information content (AvgIpc) is 3.20. The Balaban J connectivity index is 1.83. The van der Waals surface area contributed by atoms with Crippen LogP contribution in [0.5, 0.6) is 0 Å². The highest BCUT2D eigenvalue weighted by Gasteiger charge is 2.30. The van der Waals surface area contributed by atoms with Crippen molar-refractivity contribution in [3.05, 3.63) is 82.1 Å². The van der Waals surface area contributed by atoms with Crippen LogP contribution in [0.3, 0.4) is 0 Å². The number of hydrogen-bond acceptors (Lipinski definition) is 4. The summed E-state index contributed by atoms with van der Waals surface area (Å²) < 4.78 is 44.0. The maximum atomic E-state index is 12.8. The van der Waals surface area contributed by atoms with Crippen LogP contribution in [0, 0.1) is 11.3 Å². The van der Waals surface area contributed by atoms with Gasteiger partial charge in [0, 0.05) is 17.3 Å². The quantitative estimate of drug-likeness (QED) is 0.366. The topological polar surface area (TPSA) is 103 Å². The summed E-state index contributed by atoms with van der Waals surface area (Å²) >= 11 is 5.84. The van der Waals surface area contributed by atoms with Crippen molar-refractivity contribution in [1.29, 1.82) is 5.26 Å². The number of nitriles is 1. The first-order chi connectivity index (χ1) is 15.1. The Labute approximate surface area is 184 Å². The lowest BCUT2D eigenvalue weighted by atomic mass is 10.1. The van der Waals surface area contributed by atoms with Crippen LogP contribution in [-0.4, -0.2) is 17.0 Å². The minimum atomic E-state index is -4.58. The summed E-state index contributed by atoms with van der Waals surface area (Å²) in [5.41, 5.74) is -1.22. The van der Waals surface area contributed by atoms with Gasteiger partial charge in [-0.3, -0.25) is 4.79 Å². The fourth-order valence-corrected chi connectivity index (χ4v) is 2.89. The Bertz CT molecular complexity index is 1270. The predicted octanol–water partition coefficient (Wildman–Crippen LogP) is 5.86. The summed E-state index contributed by atoms with van der Waals surface area (Å²) in [6.45, 7) is 0. The van der Waals surface area contributed by atoms with Gasteiger partial charge in [-0.2, -0.15) is 18.4 Å². The number of carbonyl (C=O) groups is 2. The molecule has 162 valence electrons. The number of carboxylic acids is 1. The number of carboxylic acid groups (broad SMARTS) is 1. The number of anilines is 1. The maximum Gasteiger partial charge on any atom is 0.416 e. The summed E-state index contributed by atoms with van der Waals surface area (Å²) in [6, 6.07) is 12.8. The molecule has 10 heteroatoms. The van der Waals surface area contributed by atoms with Gasteiger partial charge in [0.25, 0.3) is 5.91 Å². The van der Waals surface area contributed by atoms with Crippen LogP contribution in [-0.2, 0) is 11.0 Å². The SMILES string of the molecule is N#C/C(=C\c1ccc(-c2ccc(Cl)c(C(=O)O)c2)o1)C(=O)Nc1cccc(C(F)(F)F)c1. The van der Waals surface area contributed by atoms with Crippen molar-refractivity contribution in [2.24, 2.45) is 0 Å². The maximum absolute atomic E-state index is 12.8. The fraction of sp³-hybridized carbons (Fsp3) is 0.0455. The first-order valence-electron chi connectivity index (χ1n) is 8.82. The third kappa shape index (κ3) is 5.17. The van der Waals surface area contributed by atoms with Gasteiger partial charge in [0.15, 0.2) is 0 Å². The summed E-state index contributed by atoms with van der Waals surface area (Å²) in [6.07, 6.45) is -3.47. The van der Waals surface area contributed by atoms with Gasteiger partial charge in [0.1, 0.15) is 23.2 Å². The van der Waals surface area contributed by atoms with Crippen molar-refractivity contribution in [3.8, 4) is 17.4 Å². The third-order valence-electron chi connectivity index (χ3n) is 4.21. The number of halogens is 4. The van der Waals surface area contributed by atoms with E-state index in [-0.39, 0.29) is 27.8 Å². The number of furan rings is 1. The molecule has 0 aliphatic rings. The second-order valence-corrected chi connectivity index (χ2v) is 6.81. The zero-order valence-corrected chi connectivity index (χ0v) is 16.7. The van der Waals surface area contributed by atoms with Gasteiger partial charge in [-0.1, -0.05) is 17.7 Å². The number of amides is 1. The van der Waals surface area contributed by atoms with Gasteiger partial charge in [0.2, 0.25) is 0 Å². The molecule has 0 aliphatic heterocycles. The number of benzene rings is 2. The highest BCUT2D eigenvalue weighted by Crippen LogP contribution is 2.31. The normalized spacial score (nSPS) is 11.7. The summed E-state index contributed by atoms with van der Waals surface area (Å²) in [7, 11) is 0. The Morgan fingerprint density at radius 1 is 1.12 bits per heavy atom. The number of nitrogens with zero attached hydrogens (tertiary/aromatic N) is 1. The van der Waals surface area contributed by atoms with Crippen molar-refractivity contribution < 1.29 is 32.3 Å². The summed E-state index contributed by atoms with van der Waals surface area (Å²) in [5.74, 6) is -1.79. The molecule has 0 spiro atoms. The lowest BCUT2D eigenvalue weighted by molar-refractivity contribution is -0.137. The minimum absolute atomic E-state index is 0.0472. The van der Waals surface area contributed by atoms with Crippen molar-refractivity contribution in [2.45, 2.75) is 6.18 Å². The smallest absolute Gasteiger partial charge is 0.416 e. The monoisotopic (exact) mass is 460 g/mol. The van der Waals surface area contributed by atoms with Crippen LogP contribution >= 0.6 is 11.6 Å². The molecule has 1 aromatic heterocycles. The Morgan fingerprint density at radius 3 is 2.53 bits per heavy atom. The first kappa shape index (κ1) is 22.7. The van der Waals surface area contributed by atoms with Gasteiger partial charge in [-0.25, -0.2) is 4.79 Å². The van der Waals surface area contributed by atoms with Gasteiger partial charge in [0.05, 0.1) is 16.1 Å². The van der Waals surface area contributed by atoms with Crippen molar-refractivity contribution in [3.63, 3.8) is 0 Å². The summed E-state index contributed by atoms with van der Waals surface area (Å²) in [5, 5.41) is 20.7. The molecule has 0 saturated heterocycles. The highest BCUT2D eigenvalue weighted by atomic mass is 35.5.